The van der Waals surface area contributed by atoms with E-state index in [0.29, 0.717) is 29.8 Å². The number of nitrogens with one attached hydrogen (secondary N) is 1. The summed E-state index contributed by atoms with van der Waals surface area (Å²) in [5.41, 5.74) is 1.51. The number of carboxylic acid groups (broad SMARTS) is 1. The zero-order chi connectivity index (χ0) is 15.7. The van der Waals surface area contributed by atoms with Crippen molar-refractivity contribution >= 4 is 11.9 Å². The maximum atomic E-state index is 13.0. The van der Waals surface area contributed by atoms with Gasteiger partial charge in [-0.1, -0.05) is 0 Å². The van der Waals surface area contributed by atoms with Crippen molar-refractivity contribution in [2.75, 3.05) is 13.1 Å². The third kappa shape index (κ3) is 2.57. The number of hydrogen-bond donors (Lipinski definition) is 2. The lowest BCUT2D eigenvalue weighted by Gasteiger charge is -2.15. The van der Waals surface area contributed by atoms with Crippen LogP contribution in [0.1, 0.15) is 16.8 Å². The molecule has 2 heterocycles. The van der Waals surface area contributed by atoms with Crippen LogP contribution in [0.2, 0.25) is 0 Å². The van der Waals surface area contributed by atoms with Crippen molar-refractivity contribution in [2.24, 2.45) is 5.92 Å². The van der Waals surface area contributed by atoms with Gasteiger partial charge in [-0.2, -0.15) is 5.10 Å². The number of aliphatic carboxylic acids is 1. The highest BCUT2D eigenvalue weighted by molar-refractivity contribution is 6.00. The summed E-state index contributed by atoms with van der Waals surface area (Å²) in [6.07, 6.45) is 1.86. The summed E-state index contributed by atoms with van der Waals surface area (Å²) in [6.45, 7) is 0.603. The quantitative estimate of drug-likeness (QED) is 0.904. The number of carboxylic acids is 1. The molecule has 2 N–H and O–H groups in total. The van der Waals surface area contributed by atoms with Gasteiger partial charge in [-0.25, -0.2) is 4.39 Å². The van der Waals surface area contributed by atoms with E-state index in [9.17, 15) is 14.0 Å². The van der Waals surface area contributed by atoms with Gasteiger partial charge in [0, 0.05) is 18.7 Å². The molecule has 1 aliphatic rings. The molecule has 1 atom stereocenters. The van der Waals surface area contributed by atoms with E-state index in [-0.39, 0.29) is 18.3 Å². The van der Waals surface area contributed by atoms with Crippen LogP contribution in [0, 0.1) is 11.7 Å². The third-order valence-corrected chi connectivity index (χ3v) is 3.83. The van der Waals surface area contributed by atoms with Crippen molar-refractivity contribution in [3.63, 3.8) is 0 Å². The fourth-order valence-corrected chi connectivity index (χ4v) is 2.60. The second kappa shape index (κ2) is 5.59. The molecule has 1 fully saturated rings. The standard InChI is InChI=1S/C15H14FN3O3/c16-11-3-1-9(2-4-11)13-12(7-17-18-13)14(20)19-6-5-10(8-19)15(21)22/h1-4,7,10H,5-6,8H2,(H,17,18)(H,21,22). The van der Waals surface area contributed by atoms with Crippen LogP contribution in [-0.4, -0.2) is 45.2 Å². The largest absolute Gasteiger partial charge is 0.481 e. The lowest BCUT2D eigenvalue weighted by Crippen LogP contribution is -2.30. The second-order valence-corrected chi connectivity index (χ2v) is 5.24. The predicted molar refractivity (Wildman–Crippen MR) is 75.6 cm³/mol. The third-order valence-electron chi connectivity index (χ3n) is 3.83. The minimum absolute atomic E-state index is 0.197. The molecule has 0 aliphatic carbocycles. The Balaban J connectivity index is 1.84. The number of H-pyrrole nitrogens is 1. The number of halogens is 1. The molecule has 1 saturated heterocycles. The van der Waals surface area contributed by atoms with Crippen molar-refractivity contribution in [2.45, 2.75) is 6.42 Å². The Bertz CT molecular complexity index is 711. The molecule has 0 radical (unpaired) electrons. The molecule has 0 saturated carbocycles. The van der Waals surface area contributed by atoms with Gasteiger partial charge in [0.05, 0.1) is 23.4 Å². The average Bonchev–Trinajstić information content (AvgIpc) is 3.17. The number of aromatic amines is 1. The van der Waals surface area contributed by atoms with Gasteiger partial charge in [-0.3, -0.25) is 14.7 Å². The summed E-state index contributed by atoms with van der Waals surface area (Å²) in [7, 11) is 0. The predicted octanol–water partition coefficient (Wildman–Crippen LogP) is 1.76. The second-order valence-electron chi connectivity index (χ2n) is 5.24. The van der Waals surface area contributed by atoms with Gasteiger partial charge in [0.25, 0.3) is 5.91 Å². The molecular weight excluding hydrogens is 289 g/mol. The van der Waals surface area contributed by atoms with Gasteiger partial charge in [0.1, 0.15) is 5.82 Å². The van der Waals surface area contributed by atoms with Crippen molar-refractivity contribution in [3.8, 4) is 11.3 Å². The minimum atomic E-state index is -0.888. The molecule has 7 heteroatoms. The van der Waals surface area contributed by atoms with E-state index in [1.54, 1.807) is 12.1 Å². The number of nitrogens with zero attached hydrogens (tertiary/aromatic N) is 2. The Labute approximate surface area is 125 Å². The summed E-state index contributed by atoms with van der Waals surface area (Å²) < 4.78 is 13.0. The van der Waals surface area contributed by atoms with Gasteiger partial charge in [-0.15, -0.1) is 0 Å². The molecule has 1 aliphatic heterocycles. The lowest BCUT2D eigenvalue weighted by atomic mass is 10.1. The molecule has 114 valence electrons. The first-order chi connectivity index (χ1) is 10.6. The highest BCUT2D eigenvalue weighted by atomic mass is 19.1. The number of carbonyl (C=O) groups excluding carboxylic acids is 1. The van der Waals surface area contributed by atoms with Crippen LogP contribution in [0.15, 0.2) is 30.5 Å². The zero-order valence-electron chi connectivity index (χ0n) is 11.6. The van der Waals surface area contributed by atoms with E-state index in [4.69, 9.17) is 5.11 Å². The van der Waals surface area contributed by atoms with Gasteiger partial charge >= 0.3 is 5.97 Å². The molecular formula is C15H14FN3O3. The van der Waals surface area contributed by atoms with Crippen LogP contribution in [0.3, 0.4) is 0 Å². The lowest BCUT2D eigenvalue weighted by molar-refractivity contribution is -0.141. The molecule has 22 heavy (non-hydrogen) atoms. The Morgan fingerprint density at radius 1 is 1.32 bits per heavy atom. The van der Waals surface area contributed by atoms with Crippen LogP contribution in [0.5, 0.6) is 0 Å². The summed E-state index contributed by atoms with van der Waals surface area (Å²) in [6, 6.07) is 5.73. The highest BCUT2D eigenvalue weighted by Crippen LogP contribution is 2.25. The topological polar surface area (TPSA) is 86.3 Å². The minimum Gasteiger partial charge on any atom is -0.481 e. The van der Waals surface area contributed by atoms with Crippen molar-refractivity contribution < 1.29 is 19.1 Å². The Kier molecular flexibility index (Phi) is 3.62. The van der Waals surface area contributed by atoms with Crippen LogP contribution >= 0.6 is 0 Å². The number of benzene rings is 1. The van der Waals surface area contributed by atoms with Crippen LogP contribution in [0.4, 0.5) is 4.39 Å². The number of aromatic nitrogens is 2. The molecule has 1 aromatic carbocycles. The molecule has 0 spiro atoms. The first-order valence-electron chi connectivity index (χ1n) is 6.87. The fourth-order valence-electron chi connectivity index (χ4n) is 2.60. The van der Waals surface area contributed by atoms with Crippen molar-refractivity contribution in [1.29, 1.82) is 0 Å². The van der Waals surface area contributed by atoms with Crippen LogP contribution in [0.25, 0.3) is 11.3 Å². The zero-order valence-corrected chi connectivity index (χ0v) is 11.6. The first-order valence-corrected chi connectivity index (χ1v) is 6.87. The molecule has 3 rings (SSSR count). The highest BCUT2D eigenvalue weighted by Gasteiger charge is 2.32. The Morgan fingerprint density at radius 2 is 2.05 bits per heavy atom. The van der Waals surface area contributed by atoms with Gasteiger partial charge in [0.15, 0.2) is 0 Å². The Morgan fingerprint density at radius 3 is 2.68 bits per heavy atom. The SMILES string of the molecule is O=C(O)C1CCN(C(=O)c2cn[nH]c2-c2ccc(F)cc2)C1. The molecule has 2 aromatic rings. The van der Waals surface area contributed by atoms with Crippen LogP contribution < -0.4 is 0 Å². The van der Waals surface area contributed by atoms with Crippen molar-refractivity contribution in [3.05, 3.63) is 41.8 Å². The summed E-state index contributed by atoms with van der Waals surface area (Å²) in [5.74, 6) is -2.04. The number of carbonyl (C=O) groups is 2. The fraction of sp³-hybridized carbons (Fsp3) is 0.267. The van der Waals surface area contributed by atoms with E-state index < -0.39 is 11.9 Å². The maximum absolute atomic E-state index is 13.0. The van der Waals surface area contributed by atoms with E-state index >= 15 is 0 Å². The van der Waals surface area contributed by atoms with E-state index in [2.05, 4.69) is 10.2 Å². The summed E-state index contributed by atoms with van der Waals surface area (Å²) in [5, 5.41) is 15.6. The Hall–Kier alpha value is -2.70. The van der Waals surface area contributed by atoms with Crippen molar-refractivity contribution in [1.82, 2.24) is 15.1 Å². The summed E-state index contributed by atoms with van der Waals surface area (Å²) in [4.78, 5) is 25.0. The summed E-state index contributed by atoms with van der Waals surface area (Å²) >= 11 is 0. The molecule has 0 bridgehead atoms. The first kappa shape index (κ1) is 14.2. The number of hydrogen-bond acceptors (Lipinski definition) is 3. The van der Waals surface area contributed by atoms with Gasteiger partial charge in [0.2, 0.25) is 0 Å². The molecule has 1 unspecified atom stereocenters. The smallest absolute Gasteiger partial charge is 0.308 e. The molecule has 1 aromatic heterocycles. The number of rotatable bonds is 3. The molecule has 1 amide bonds. The van der Waals surface area contributed by atoms with E-state index in [1.165, 1.54) is 23.2 Å². The van der Waals surface area contributed by atoms with Gasteiger partial charge < -0.3 is 10.0 Å². The van der Waals surface area contributed by atoms with Crippen LogP contribution in [-0.2, 0) is 4.79 Å². The maximum Gasteiger partial charge on any atom is 0.308 e. The molecule has 6 nitrogen and oxygen atoms in total. The average molecular weight is 303 g/mol. The number of likely N-dealkylation sites (tertiary alicyclic amines) is 1. The number of amides is 1. The normalized spacial score (nSPS) is 17.7. The van der Waals surface area contributed by atoms with Gasteiger partial charge in [-0.05, 0) is 30.7 Å². The van der Waals surface area contributed by atoms with E-state index in [1.807, 2.05) is 0 Å². The van der Waals surface area contributed by atoms with E-state index in [0.717, 1.165) is 0 Å². The monoisotopic (exact) mass is 303 g/mol.